The monoisotopic (exact) mass is 261 g/mol. The van der Waals surface area contributed by atoms with Crippen LogP contribution in [0.2, 0.25) is 0 Å². The van der Waals surface area contributed by atoms with E-state index in [1.807, 2.05) is 13.0 Å². The molecule has 0 bridgehead atoms. The van der Waals surface area contributed by atoms with Gasteiger partial charge in [0.25, 0.3) is 0 Å². The molecular weight excluding hydrogens is 242 g/mol. The third kappa shape index (κ3) is 2.23. The molecule has 2 atom stereocenters. The van der Waals surface area contributed by atoms with E-state index in [9.17, 15) is 0 Å². The molecule has 0 spiro atoms. The van der Waals surface area contributed by atoms with Gasteiger partial charge in [-0.05, 0) is 25.3 Å². The number of aryl methyl sites for hydroxylation is 1. The molecule has 0 aliphatic carbocycles. The molecule has 1 aliphatic heterocycles. The summed E-state index contributed by atoms with van der Waals surface area (Å²) in [5, 5.41) is 7.26. The van der Waals surface area contributed by atoms with Gasteiger partial charge in [-0.25, -0.2) is 0 Å². The summed E-state index contributed by atoms with van der Waals surface area (Å²) in [6.45, 7) is 5.87. The molecule has 0 radical (unpaired) electrons. The highest BCUT2D eigenvalue weighted by Gasteiger charge is 2.25. The first-order chi connectivity index (χ1) is 9.15. The Morgan fingerprint density at radius 2 is 2.37 bits per heavy atom. The average Bonchev–Trinajstić information content (AvgIpc) is 3.01. The molecule has 19 heavy (non-hydrogen) atoms. The standard InChI is InChI=1S/C13H19N5O/c1-8-3-5-18(7-11(8)14)13-15-12(16-17-13)10-4-6-19-9(10)2/h4,6,8,11H,3,5,7,14H2,1-2H3,(H,15,16,17). The molecule has 3 N–H and O–H groups in total. The number of nitrogens with one attached hydrogen (secondary N) is 1. The molecule has 2 unspecified atom stereocenters. The van der Waals surface area contributed by atoms with E-state index in [0.29, 0.717) is 5.92 Å². The van der Waals surface area contributed by atoms with Crippen molar-refractivity contribution in [2.45, 2.75) is 26.3 Å². The number of H-pyrrole nitrogens is 1. The van der Waals surface area contributed by atoms with Crippen molar-refractivity contribution in [3.8, 4) is 11.4 Å². The third-order valence-corrected chi connectivity index (χ3v) is 3.89. The van der Waals surface area contributed by atoms with Gasteiger partial charge in [-0.1, -0.05) is 6.92 Å². The highest BCUT2D eigenvalue weighted by molar-refractivity contribution is 5.58. The molecule has 1 aliphatic rings. The van der Waals surface area contributed by atoms with Crippen LogP contribution >= 0.6 is 0 Å². The zero-order valence-corrected chi connectivity index (χ0v) is 11.3. The van der Waals surface area contributed by atoms with Crippen LogP contribution in [0.5, 0.6) is 0 Å². The molecule has 6 nitrogen and oxygen atoms in total. The summed E-state index contributed by atoms with van der Waals surface area (Å²) in [7, 11) is 0. The fraction of sp³-hybridized carbons (Fsp3) is 0.538. The topological polar surface area (TPSA) is 84.0 Å². The second kappa shape index (κ2) is 4.70. The Hall–Kier alpha value is -1.82. The van der Waals surface area contributed by atoms with Crippen LogP contribution < -0.4 is 10.6 Å². The number of hydrogen-bond donors (Lipinski definition) is 2. The van der Waals surface area contributed by atoms with Crippen molar-refractivity contribution in [1.29, 1.82) is 0 Å². The molecule has 1 fully saturated rings. The lowest BCUT2D eigenvalue weighted by Gasteiger charge is -2.34. The molecule has 1 saturated heterocycles. The Bertz CT molecular complexity index is 561. The molecule has 2 aromatic rings. The fourth-order valence-electron chi connectivity index (χ4n) is 2.43. The summed E-state index contributed by atoms with van der Waals surface area (Å²) < 4.78 is 5.28. The maximum atomic E-state index is 6.11. The second-order valence-corrected chi connectivity index (χ2v) is 5.25. The normalized spacial score (nSPS) is 23.8. The minimum Gasteiger partial charge on any atom is -0.469 e. The molecule has 6 heteroatoms. The maximum absolute atomic E-state index is 6.11. The molecule has 3 heterocycles. The van der Waals surface area contributed by atoms with Crippen LogP contribution in [0.1, 0.15) is 19.1 Å². The van der Waals surface area contributed by atoms with E-state index in [2.05, 4.69) is 27.0 Å². The van der Waals surface area contributed by atoms with E-state index in [1.54, 1.807) is 6.26 Å². The van der Waals surface area contributed by atoms with Crippen molar-refractivity contribution in [1.82, 2.24) is 15.2 Å². The van der Waals surface area contributed by atoms with Gasteiger partial charge in [-0.2, -0.15) is 4.98 Å². The van der Waals surface area contributed by atoms with Gasteiger partial charge in [0.1, 0.15) is 5.76 Å². The molecular formula is C13H19N5O. The van der Waals surface area contributed by atoms with E-state index in [0.717, 1.165) is 42.6 Å². The number of hydrogen-bond acceptors (Lipinski definition) is 5. The lowest BCUT2D eigenvalue weighted by Crippen LogP contribution is -2.48. The van der Waals surface area contributed by atoms with Crippen LogP contribution in [0.25, 0.3) is 11.4 Å². The van der Waals surface area contributed by atoms with Crippen molar-refractivity contribution in [2.24, 2.45) is 11.7 Å². The van der Waals surface area contributed by atoms with Crippen molar-refractivity contribution >= 4 is 5.95 Å². The largest absolute Gasteiger partial charge is 0.469 e. The highest BCUT2D eigenvalue weighted by Crippen LogP contribution is 2.24. The van der Waals surface area contributed by atoms with E-state index in [4.69, 9.17) is 10.2 Å². The van der Waals surface area contributed by atoms with Crippen LogP contribution in [-0.4, -0.2) is 34.3 Å². The Morgan fingerprint density at radius 3 is 3.05 bits per heavy atom. The van der Waals surface area contributed by atoms with Gasteiger partial charge in [0.15, 0.2) is 5.82 Å². The van der Waals surface area contributed by atoms with Crippen molar-refractivity contribution in [3.63, 3.8) is 0 Å². The lowest BCUT2D eigenvalue weighted by atomic mass is 9.95. The van der Waals surface area contributed by atoms with Crippen LogP contribution in [-0.2, 0) is 0 Å². The number of aromatic nitrogens is 3. The molecule has 0 saturated carbocycles. The van der Waals surface area contributed by atoms with E-state index in [1.165, 1.54) is 0 Å². The number of nitrogens with two attached hydrogens (primary N) is 1. The SMILES string of the molecule is Cc1occc1-c1nc(N2CCC(C)C(N)C2)n[nH]1. The Balaban J connectivity index is 1.80. The smallest absolute Gasteiger partial charge is 0.245 e. The van der Waals surface area contributed by atoms with Gasteiger partial charge >= 0.3 is 0 Å². The Kier molecular flexibility index (Phi) is 3.02. The van der Waals surface area contributed by atoms with Gasteiger partial charge in [0, 0.05) is 19.1 Å². The van der Waals surface area contributed by atoms with Crippen LogP contribution in [0.4, 0.5) is 5.95 Å². The first kappa shape index (κ1) is 12.2. The quantitative estimate of drug-likeness (QED) is 0.856. The molecule has 2 aromatic heterocycles. The van der Waals surface area contributed by atoms with Gasteiger partial charge < -0.3 is 15.1 Å². The average molecular weight is 261 g/mol. The fourth-order valence-corrected chi connectivity index (χ4v) is 2.43. The van der Waals surface area contributed by atoms with Crippen molar-refractivity contribution in [2.75, 3.05) is 18.0 Å². The summed E-state index contributed by atoms with van der Waals surface area (Å²) in [5.41, 5.74) is 7.06. The van der Waals surface area contributed by atoms with Crippen LogP contribution in [0, 0.1) is 12.8 Å². The lowest BCUT2D eigenvalue weighted by molar-refractivity contribution is 0.376. The molecule has 3 rings (SSSR count). The number of piperidine rings is 1. The number of nitrogens with zero attached hydrogens (tertiary/aromatic N) is 3. The summed E-state index contributed by atoms with van der Waals surface area (Å²) >= 11 is 0. The van der Waals surface area contributed by atoms with Crippen molar-refractivity contribution < 1.29 is 4.42 Å². The summed E-state index contributed by atoms with van der Waals surface area (Å²) in [6, 6.07) is 2.08. The Labute approximate surface area is 112 Å². The van der Waals surface area contributed by atoms with Gasteiger partial charge in [0.05, 0.1) is 11.8 Å². The van der Waals surface area contributed by atoms with E-state index in [-0.39, 0.29) is 6.04 Å². The summed E-state index contributed by atoms with van der Waals surface area (Å²) in [4.78, 5) is 6.68. The minimum atomic E-state index is 0.186. The minimum absolute atomic E-state index is 0.186. The van der Waals surface area contributed by atoms with Gasteiger partial charge in [-0.3, -0.25) is 5.10 Å². The zero-order valence-electron chi connectivity index (χ0n) is 11.3. The predicted octanol–water partition coefficient (Wildman–Crippen LogP) is 1.55. The van der Waals surface area contributed by atoms with Crippen LogP contribution in [0.3, 0.4) is 0 Å². The van der Waals surface area contributed by atoms with E-state index < -0.39 is 0 Å². The number of anilines is 1. The van der Waals surface area contributed by atoms with Gasteiger partial charge in [-0.15, -0.1) is 5.10 Å². The molecule has 102 valence electrons. The first-order valence-electron chi connectivity index (χ1n) is 6.62. The number of aromatic amines is 1. The number of furan rings is 1. The third-order valence-electron chi connectivity index (χ3n) is 3.89. The first-order valence-corrected chi connectivity index (χ1v) is 6.62. The highest BCUT2D eigenvalue weighted by atomic mass is 16.3. The number of rotatable bonds is 2. The zero-order chi connectivity index (χ0) is 13.4. The molecule has 0 amide bonds. The molecule has 0 aromatic carbocycles. The Morgan fingerprint density at radius 1 is 1.53 bits per heavy atom. The van der Waals surface area contributed by atoms with Gasteiger partial charge in [0.2, 0.25) is 5.95 Å². The summed E-state index contributed by atoms with van der Waals surface area (Å²) in [5.74, 6) is 2.86. The van der Waals surface area contributed by atoms with Crippen LogP contribution in [0.15, 0.2) is 16.7 Å². The van der Waals surface area contributed by atoms with E-state index >= 15 is 0 Å². The van der Waals surface area contributed by atoms with Crippen molar-refractivity contribution in [3.05, 3.63) is 18.1 Å². The maximum Gasteiger partial charge on any atom is 0.245 e. The summed E-state index contributed by atoms with van der Waals surface area (Å²) in [6.07, 6.45) is 2.74. The predicted molar refractivity (Wildman–Crippen MR) is 72.8 cm³/mol. The second-order valence-electron chi connectivity index (χ2n) is 5.25.